The van der Waals surface area contributed by atoms with Gasteiger partial charge in [0, 0.05) is 36.1 Å². The van der Waals surface area contributed by atoms with Crippen LogP contribution in [0.3, 0.4) is 0 Å². The zero-order valence-corrected chi connectivity index (χ0v) is 19.7. The predicted molar refractivity (Wildman–Crippen MR) is 123 cm³/mol. The first-order chi connectivity index (χ1) is 15.5. The van der Waals surface area contributed by atoms with E-state index in [2.05, 4.69) is 19.7 Å². The Bertz CT molecular complexity index is 1060. The average Bonchev–Trinajstić information content (AvgIpc) is 3.45. The van der Waals surface area contributed by atoms with E-state index in [1.807, 2.05) is 17.0 Å². The Morgan fingerprint density at radius 3 is 2.56 bits per heavy atom. The van der Waals surface area contributed by atoms with E-state index in [0.717, 1.165) is 55.1 Å². The van der Waals surface area contributed by atoms with Crippen molar-refractivity contribution in [1.82, 2.24) is 24.6 Å². The van der Waals surface area contributed by atoms with Crippen LogP contribution in [0.25, 0.3) is 11.4 Å². The Morgan fingerprint density at radius 1 is 1.09 bits per heavy atom. The first kappa shape index (κ1) is 21.9. The number of amides is 1. The summed E-state index contributed by atoms with van der Waals surface area (Å²) in [5, 5.41) is 9.56. The number of hydrogen-bond acceptors (Lipinski definition) is 7. The smallest absolute Gasteiger partial charge is 0.233 e. The van der Waals surface area contributed by atoms with E-state index < -0.39 is 9.84 Å². The maximum Gasteiger partial charge on any atom is 0.233 e. The van der Waals surface area contributed by atoms with E-state index in [1.54, 1.807) is 12.4 Å². The number of carbonyl (C=O) groups excluding carboxylic acids is 1. The second-order valence-corrected chi connectivity index (χ2v) is 12.3. The molecule has 2 aromatic rings. The van der Waals surface area contributed by atoms with Gasteiger partial charge in [-0.2, -0.15) is 0 Å². The van der Waals surface area contributed by atoms with Crippen LogP contribution in [0.4, 0.5) is 0 Å². The molecular weight excluding hydrogens is 446 g/mol. The minimum atomic E-state index is -3.05. The van der Waals surface area contributed by atoms with Crippen LogP contribution in [0.15, 0.2) is 29.7 Å². The quantitative estimate of drug-likeness (QED) is 0.568. The number of aromatic nitrogens is 4. The third-order valence-electron chi connectivity index (χ3n) is 6.68. The van der Waals surface area contributed by atoms with Crippen molar-refractivity contribution in [1.29, 1.82) is 0 Å². The van der Waals surface area contributed by atoms with Gasteiger partial charge in [0.25, 0.3) is 0 Å². The average molecular weight is 476 g/mol. The number of carbonyl (C=O) groups is 1. The SMILES string of the molecule is O=C(CSc1nnc(-c2cccnc2)n1C1CC1)N(C1CCCCC1)[C@@H]1CCS(=O)(=O)C1. The van der Waals surface area contributed by atoms with Crippen molar-refractivity contribution in [2.24, 2.45) is 0 Å². The van der Waals surface area contributed by atoms with Crippen LogP contribution in [0.2, 0.25) is 0 Å². The Balaban J connectivity index is 1.34. The number of nitrogens with zero attached hydrogens (tertiary/aromatic N) is 5. The fourth-order valence-electron chi connectivity index (χ4n) is 4.99. The Labute approximate surface area is 193 Å². The van der Waals surface area contributed by atoms with E-state index in [-0.39, 0.29) is 35.2 Å². The summed E-state index contributed by atoms with van der Waals surface area (Å²) in [6, 6.07) is 4.19. The van der Waals surface area contributed by atoms with Crippen molar-refractivity contribution in [3.63, 3.8) is 0 Å². The van der Waals surface area contributed by atoms with E-state index in [9.17, 15) is 13.2 Å². The number of hydrogen-bond donors (Lipinski definition) is 0. The largest absolute Gasteiger partial charge is 0.335 e. The molecule has 1 amide bonds. The second-order valence-electron chi connectivity index (χ2n) is 9.09. The van der Waals surface area contributed by atoms with Gasteiger partial charge in [-0.05, 0) is 44.2 Å². The Kier molecular flexibility index (Phi) is 6.24. The van der Waals surface area contributed by atoms with Crippen molar-refractivity contribution >= 4 is 27.5 Å². The normalized spacial score (nSPS) is 23.3. The Hall–Kier alpha value is -1.94. The summed E-state index contributed by atoms with van der Waals surface area (Å²) in [5.74, 6) is 1.36. The number of sulfone groups is 1. The number of rotatable bonds is 7. The molecule has 0 unspecified atom stereocenters. The van der Waals surface area contributed by atoms with Crippen LogP contribution in [0, 0.1) is 0 Å². The van der Waals surface area contributed by atoms with Gasteiger partial charge in [-0.15, -0.1) is 10.2 Å². The zero-order chi connectivity index (χ0) is 22.1. The summed E-state index contributed by atoms with van der Waals surface area (Å²) < 4.78 is 26.4. The van der Waals surface area contributed by atoms with Gasteiger partial charge in [-0.25, -0.2) is 8.42 Å². The lowest BCUT2D eigenvalue weighted by Gasteiger charge is -2.38. The molecule has 3 aliphatic rings. The lowest BCUT2D eigenvalue weighted by molar-refractivity contribution is -0.133. The zero-order valence-electron chi connectivity index (χ0n) is 18.1. The molecule has 2 aromatic heterocycles. The molecule has 0 spiro atoms. The van der Waals surface area contributed by atoms with Crippen molar-refractivity contribution in [3.8, 4) is 11.4 Å². The van der Waals surface area contributed by atoms with Crippen LogP contribution in [0.5, 0.6) is 0 Å². The molecule has 1 atom stereocenters. The third-order valence-corrected chi connectivity index (χ3v) is 9.36. The van der Waals surface area contributed by atoms with Crippen molar-refractivity contribution in [2.75, 3.05) is 17.3 Å². The molecule has 5 rings (SSSR count). The summed E-state index contributed by atoms with van der Waals surface area (Å²) in [6.45, 7) is 0. The highest BCUT2D eigenvalue weighted by Crippen LogP contribution is 2.41. The first-order valence-electron chi connectivity index (χ1n) is 11.5. The van der Waals surface area contributed by atoms with Gasteiger partial charge in [0.15, 0.2) is 20.8 Å². The molecule has 1 saturated heterocycles. The minimum Gasteiger partial charge on any atom is -0.335 e. The third kappa shape index (κ3) is 4.71. The fraction of sp³-hybridized carbons (Fsp3) is 0.636. The summed E-state index contributed by atoms with van der Waals surface area (Å²) in [4.78, 5) is 19.6. The van der Waals surface area contributed by atoms with E-state index in [1.165, 1.54) is 18.2 Å². The summed E-state index contributed by atoms with van der Waals surface area (Å²) in [5.41, 5.74) is 0.921. The lowest BCUT2D eigenvalue weighted by atomic mass is 9.93. The molecule has 0 bridgehead atoms. The van der Waals surface area contributed by atoms with Gasteiger partial charge in [-0.1, -0.05) is 31.0 Å². The highest BCUT2D eigenvalue weighted by atomic mass is 32.2. The molecule has 172 valence electrons. The molecular formula is C22H29N5O3S2. The predicted octanol–water partition coefficient (Wildman–Crippen LogP) is 3.12. The molecule has 10 heteroatoms. The highest BCUT2D eigenvalue weighted by molar-refractivity contribution is 7.99. The monoisotopic (exact) mass is 475 g/mol. The molecule has 0 N–H and O–H groups in total. The topological polar surface area (TPSA) is 98.1 Å². The summed E-state index contributed by atoms with van der Waals surface area (Å²) >= 11 is 1.42. The van der Waals surface area contributed by atoms with Crippen molar-refractivity contribution in [2.45, 2.75) is 74.6 Å². The van der Waals surface area contributed by atoms with Gasteiger partial charge in [0.2, 0.25) is 5.91 Å². The molecule has 1 aliphatic heterocycles. The molecule has 0 aromatic carbocycles. The van der Waals surface area contributed by atoms with Crippen LogP contribution in [-0.4, -0.2) is 68.3 Å². The van der Waals surface area contributed by atoms with Crippen LogP contribution in [-0.2, 0) is 14.6 Å². The number of thioether (sulfide) groups is 1. The van der Waals surface area contributed by atoms with E-state index in [0.29, 0.717) is 12.5 Å². The van der Waals surface area contributed by atoms with Crippen molar-refractivity contribution < 1.29 is 13.2 Å². The maximum absolute atomic E-state index is 13.4. The van der Waals surface area contributed by atoms with Gasteiger partial charge in [0.1, 0.15) is 0 Å². The van der Waals surface area contributed by atoms with Crippen LogP contribution < -0.4 is 0 Å². The standard InChI is InChI=1S/C22H29N5O3S2/c28-20(26(17-6-2-1-3-7-17)19-10-12-32(29,30)15-19)14-31-22-25-24-21(27(22)18-8-9-18)16-5-4-11-23-13-16/h4-5,11,13,17-19H,1-3,6-10,12,14-15H2/t19-/m1/s1. The van der Waals surface area contributed by atoms with Crippen LogP contribution >= 0.6 is 11.8 Å². The molecule has 2 saturated carbocycles. The van der Waals surface area contributed by atoms with Gasteiger partial charge < -0.3 is 4.90 Å². The molecule has 3 fully saturated rings. The second kappa shape index (κ2) is 9.13. The first-order valence-corrected chi connectivity index (χ1v) is 14.3. The maximum atomic E-state index is 13.4. The summed E-state index contributed by atoms with van der Waals surface area (Å²) in [6.07, 6.45) is 11.6. The number of pyridine rings is 1. The molecule has 3 heterocycles. The fourth-order valence-corrected chi connectivity index (χ4v) is 7.58. The van der Waals surface area contributed by atoms with Gasteiger partial charge >= 0.3 is 0 Å². The molecule has 2 aliphatic carbocycles. The van der Waals surface area contributed by atoms with Gasteiger partial charge in [-0.3, -0.25) is 14.3 Å². The van der Waals surface area contributed by atoms with Gasteiger partial charge in [0.05, 0.1) is 17.3 Å². The molecule has 0 radical (unpaired) electrons. The lowest BCUT2D eigenvalue weighted by Crippen LogP contribution is -2.49. The summed E-state index contributed by atoms with van der Waals surface area (Å²) in [7, 11) is -3.05. The molecule has 32 heavy (non-hydrogen) atoms. The van der Waals surface area contributed by atoms with Crippen LogP contribution in [0.1, 0.15) is 57.4 Å². The highest BCUT2D eigenvalue weighted by Gasteiger charge is 2.39. The molecule has 8 nitrogen and oxygen atoms in total. The minimum absolute atomic E-state index is 0.0253. The van der Waals surface area contributed by atoms with E-state index >= 15 is 0 Å². The Morgan fingerprint density at radius 2 is 1.91 bits per heavy atom. The van der Waals surface area contributed by atoms with Crippen molar-refractivity contribution in [3.05, 3.63) is 24.5 Å². The van der Waals surface area contributed by atoms with E-state index in [4.69, 9.17) is 0 Å².